The van der Waals surface area contributed by atoms with Gasteiger partial charge in [-0.3, -0.25) is 4.79 Å². The predicted octanol–water partition coefficient (Wildman–Crippen LogP) is 3.57. The molecule has 2 heterocycles. The highest BCUT2D eigenvalue weighted by Gasteiger charge is 2.47. The molecule has 2 fully saturated rings. The van der Waals surface area contributed by atoms with Crippen molar-refractivity contribution < 1.29 is 4.79 Å². The summed E-state index contributed by atoms with van der Waals surface area (Å²) in [6, 6.07) is 4.58. The monoisotopic (exact) mass is 342 g/mol. The lowest BCUT2D eigenvalue weighted by molar-refractivity contribution is -0.139. The summed E-state index contributed by atoms with van der Waals surface area (Å²) in [5, 5.41) is 2.11. The van der Waals surface area contributed by atoms with Crippen LogP contribution in [-0.4, -0.2) is 29.9 Å². The van der Waals surface area contributed by atoms with E-state index in [0.717, 1.165) is 25.8 Å². The first-order valence-corrected chi connectivity index (χ1v) is 9.10. The Labute approximate surface area is 143 Å². The van der Waals surface area contributed by atoms with Gasteiger partial charge in [0, 0.05) is 17.5 Å². The third kappa shape index (κ3) is 3.06. The quantitative estimate of drug-likeness (QED) is 0.912. The van der Waals surface area contributed by atoms with Crippen molar-refractivity contribution in [2.24, 2.45) is 11.7 Å². The van der Waals surface area contributed by atoms with Crippen molar-refractivity contribution in [1.82, 2.24) is 4.90 Å². The van der Waals surface area contributed by atoms with Gasteiger partial charge in [0.2, 0.25) is 5.91 Å². The minimum Gasteiger partial charge on any atom is -0.339 e. The molecule has 1 amide bonds. The standard InChI is InChI=1S/C17H26N2OS.ClH/c1-13-10-14(11-18)12-19(13)16(20)17(7-3-2-4-8-17)15-6-5-9-21-15;/h5-6,9,13-14H,2-4,7-8,10-12,18H2,1H3;1H. The zero-order valence-electron chi connectivity index (χ0n) is 13.3. The Morgan fingerprint density at radius 3 is 2.68 bits per heavy atom. The number of halogens is 1. The average molecular weight is 343 g/mol. The van der Waals surface area contributed by atoms with Crippen LogP contribution in [0.5, 0.6) is 0 Å². The van der Waals surface area contributed by atoms with E-state index in [2.05, 4.69) is 29.3 Å². The van der Waals surface area contributed by atoms with E-state index in [-0.39, 0.29) is 17.8 Å². The molecular formula is C17H27ClN2OS. The van der Waals surface area contributed by atoms with Gasteiger partial charge in [0.25, 0.3) is 0 Å². The number of rotatable bonds is 3. The summed E-state index contributed by atoms with van der Waals surface area (Å²) in [6.45, 7) is 3.72. The topological polar surface area (TPSA) is 46.3 Å². The fourth-order valence-electron chi connectivity index (χ4n) is 4.14. The van der Waals surface area contributed by atoms with Gasteiger partial charge in [-0.25, -0.2) is 0 Å². The van der Waals surface area contributed by atoms with Crippen molar-refractivity contribution in [2.75, 3.05) is 13.1 Å². The van der Waals surface area contributed by atoms with Crippen LogP contribution in [-0.2, 0) is 10.2 Å². The second-order valence-electron chi connectivity index (χ2n) is 6.76. The van der Waals surface area contributed by atoms with E-state index in [1.807, 2.05) is 0 Å². The molecule has 1 aromatic heterocycles. The fourth-order valence-corrected chi connectivity index (χ4v) is 5.12. The lowest BCUT2D eigenvalue weighted by Crippen LogP contribution is -2.49. The Kier molecular flexibility index (Phi) is 5.92. The Bertz CT molecular complexity index is 485. The Morgan fingerprint density at radius 1 is 1.41 bits per heavy atom. The maximum absolute atomic E-state index is 13.4. The predicted molar refractivity (Wildman–Crippen MR) is 94.7 cm³/mol. The van der Waals surface area contributed by atoms with Crippen LogP contribution in [0, 0.1) is 5.92 Å². The van der Waals surface area contributed by atoms with Crippen molar-refractivity contribution in [1.29, 1.82) is 0 Å². The van der Waals surface area contributed by atoms with E-state index in [9.17, 15) is 4.79 Å². The Balaban J connectivity index is 0.00000176. The summed E-state index contributed by atoms with van der Waals surface area (Å²) in [7, 11) is 0. The number of thiophene rings is 1. The first-order chi connectivity index (χ1) is 10.2. The molecule has 124 valence electrons. The van der Waals surface area contributed by atoms with Crippen molar-refractivity contribution in [3.8, 4) is 0 Å². The van der Waals surface area contributed by atoms with Crippen LogP contribution in [0.4, 0.5) is 0 Å². The van der Waals surface area contributed by atoms with Gasteiger partial charge in [-0.1, -0.05) is 25.3 Å². The number of hydrogen-bond acceptors (Lipinski definition) is 3. The van der Waals surface area contributed by atoms with Crippen LogP contribution in [0.2, 0.25) is 0 Å². The zero-order chi connectivity index (χ0) is 14.9. The molecule has 0 bridgehead atoms. The van der Waals surface area contributed by atoms with Crippen LogP contribution in [0.3, 0.4) is 0 Å². The van der Waals surface area contributed by atoms with E-state index in [1.165, 1.54) is 24.1 Å². The highest BCUT2D eigenvalue weighted by molar-refractivity contribution is 7.10. The molecule has 1 saturated heterocycles. The van der Waals surface area contributed by atoms with Gasteiger partial charge in [0.05, 0.1) is 5.41 Å². The highest BCUT2D eigenvalue weighted by Crippen LogP contribution is 2.44. The second kappa shape index (κ2) is 7.33. The molecule has 3 rings (SSSR count). The molecule has 2 N–H and O–H groups in total. The molecule has 0 spiro atoms. The third-order valence-corrected chi connectivity index (χ3v) is 6.44. The minimum absolute atomic E-state index is 0. The molecule has 1 aromatic rings. The molecule has 1 aliphatic carbocycles. The molecule has 1 saturated carbocycles. The first-order valence-electron chi connectivity index (χ1n) is 8.22. The summed E-state index contributed by atoms with van der Waals surface area (Å²) >= 11 is 1.75. The number of carbonyl (C=O) groups excluding carboxylic acids is 1. The number of likely N-dealkylation sites (tertiary alicyclic amines) is 1. The normalized spacial score (nSPS) is 27.5. The number of nitrogens with zero attached hydrogens (tertiary/aromatic N) is 1. The van der Waals surface area contributed by atoms with E-state index in [4.69, 9.17) is 5.73 Å². The largest absolute Gasteiger partial charge is 0.339 e. The lowest BCUT2D eigenvalue weighted by atomic mass is 9.72. The van der Waals surface area contributed by atoms with Crippen LogP contribution in [0.25, 0.3) is 0 Å². The lowest BCUT2D eigenvalue weighted by Gasteiger charge is -2.39. The molecule has 0 aromatic carbocycles. The van der Waals surface area contributed by atoms with Gasteiger partial charge in [0.15, 0.2) is 0 Å². The molecule has 2 aliphatic rings. The summed E-state index contributed by atoms with van der Waals surface area (Å²) < 4.78 is 0. The average Bonchev–Trinajstić information content (AvgIpc) is 3.16. The van der Waals surface area contributed by atoms with E-state index >= 15 is 0 Å². The van der Waals surface area contributed by atoms with Crippen LogP contribution in [0.15, 0.2) is 17.5 Å². The van der Waals surface area contributed by atoms with Crippen LogP contribution >= 0.6 is 23.7 Å². The number of carbonyl (C=O) groups is 1. The number of amides is 1. The van der Waals surface area contributed by atoms with E-state index < -0.39 is 0 Å². The zero-order valence-corrected chi connectivity index (χ0v) is 14.9. The molecule has 2 unspecified atom stereocenters. The molecule has 0 radical (unpaired) electrons. The number of nitrogens with two attached hydrogens (primary N) is 1. The molecule has 1 aliphatic heterocycles. The van der Waals surface area contributed by atoms with Crippen molar-refractivity contribution in [3.63, 3.8) is 0 Å². The summed E-state index contributed by atoms with van der Waals surface area (Å²) in [5.74, 6) is 0.848. The molecule has 3 nitrogen and oxygen atoms in total. The minimum atomic E-state index is -0.246. The van der Waals surface area contributed by atoms with Crippen molar-refractivity contribution in [2.45, 2.75) is 56.9 Å². The van der Waals surface area contributed by atoms with Gasteiger partial charge in [-0.05, 0) is 50.1 Å². The summed E-state index contributed by atoms with van der Waals surface area (Å²) in [6.07, 6.45) is 6.70. The van der Waals surface area contributed by atoms with Crippen molar-refractivity contribution >= 4 is 29.7 Å². The van der Waals surface area contributed by atoms with Gasteiger partial charge in [-0.15, -0.1) is 23.7 Å². The second-order valence-corrected chi connectivity index (χ2v) is 7.71. The molecule has 22 heavy (non-hydrogen) atoms. The smallest absolute Gasteiger partial charge is 0.234 e. The molecular weight excluding hydrogens is 316 g/mol. The van der Waals surface area contributed by atoms with Crippen LogP contribution < -0.4 is 5.73 Å². The highest BCUT2D eigenvalue weighted by atomic mass is 35.5. The van der Waals surface area contributed by atoms with E-state index in [0.29, 0.717) is 24.4 Å². The maximum Gasteiger partial charge on any atom is 0.234 e. The first kappa shape index (κ1) is 17.8. The molecule has 2 atom stereocenters. The van der Waals surface area contributed by atoms with E-state index in [1.54, 1.807) is 11.3 Å². The Morgan fingerprint density at radius 2 is 2.14 bits per heavy atom. The Hall–Kier alpha value is -0.580. The number of hydrogen-bond donors (Lipinski definition) is 1. The molecule has 5 heteroatoms. The maximum atomic E-state index is 13.4. The summed E-state index contributed by atoms with van der Waals surface area (Å²) in [4.78, 5) is 16.8. The fraction of sp³-hybridized carbons (Fsp3) is 0.706. The van der Waals surface area contributed by atoms with Gasteiger partial charge in [-0.2, -0.15) is 0 Å². The van der Waals surface area contributed by atoms with Gasteiger partial charge in [0.1, 0.15) is 0 Å². The SMILES string of the molecule is CC1CC(CN)CN1C(=O)C1(c2cccs2)CCCCC1.Cl. The third-order valence-electron chi connectivity index (χ3n) is 5.36. The van der Waals surface area contributed by atoms with Gasteiger partial charge >= 0.3 is 0 Å². The summed E-state index contributed by atoms with van der Waals surface area (Å²) in [5.41, 5.74) is 5.58. The van der Waals surface area contributed by atoms with Gasteiger partial charge < -0.3 is 10.6 Å². The van der Waals surface area contributed by atoms with Crippen molar-refractivity contribution in [3.05, 3.63) is 22.4 Å². The van der Waals surface area contributed by atoms with Crippen LogP contribution in [0.1, 0.15) is 50.3 Å².